The number of nitrogen functional groups attached to an aromatic ring is 1. The van der Waals surface area contributed by atoms with Gasteiger partial charge in [0.15, 0.2) is 0 Å². The van der Waals surface area contributed by atoms with E-state index < -0.39 is 10.8 Å². The van der Waals surface area contributed by atoms with Gasteiger partial charge in [-0.3, -0.25) is 9.00 Å². The first kappa shape index (κ1) is 14.6. The molecule has 1 amide bonds. The highest BCUT2D eigenvalue weighted by Gasteiger charge is 2.10. The average molecular weight is 269 g/mol. The molecule has 0 bridgehead atoms. The van der Waals surface area contributed by atoms with E-state index in [-0.39, 0.29) is 11.8 Å². The predicted octanol–water partition coefficient (Wildman–Crippen LogP) is 0.895. The summed E-state index contributed by atoms with van der Waals surface area (Å²) in [6.45, 7) is 4.37. The van der Waals surface area contributed by atoms with Crippen molar-refractivity contribution >= 4 is 22.5 Å². The van der Waals surface area contributed by atoms with Crippen molar-refractivity contribution in [2.45, 2.75) is 19.8 Å². The largest absolute Gasteiger partial charge is 0.384 e. The summed E-state index contributed by atoms with van der Waals surface area (Å²) in [6, 6.07) is 3.28. The van der Waals surface area contributed by atoms with Crippen LogP contribution in [0.2, 0.25) is 0 Å². The van der Waals surface area contributed by atoms with Crippen LogP contribution < -0.4 is 11.1 Å². The Bertz CT molecular complexity index is 461. The third-order valence-electron chi connectivity index (χ3n) is 2.39. The van der Waals surface area contributed by atoms with E-state index in [1.165, 1.54) is 0 Å². The Hall–Kier alpha value is -1.43. The van der Waals surface area contributed by atoms with Gasteiger partial charge in [0.25, 0.3) is 5.91 Å². The van der Waals surface area contributed by atoms with Crippen molar-refractivity contribution in [1.29, 1.82) is 0 Å². The molecule has 5 nitrogen and oxygen atoms in total. The second kappa shape index (κ2) is 6.49. The van der Waals surface area contributed by atoms with Gasteiger partial charge in [-0.25, -0.2) is 4.98 Å². The average Bonchev–Trinajstić information content (AvgIpc) is 2.27. The van der Waals surface area contributed by atoms with E-state index in [2.05, 4.69) is 10.3 Å². The number of nitrogens with one attached hydrogen (secondary N) is 1. The smallest absolute Gasteiger partial charge is 0.251 e. The predicted molar refractivity (Wildman–Crippen MR) is 74.0 cm³/mol. The Morgan fingerprint density at radius 2 is 2.17 bits per heavy atom. The number of rotatable bonds is 5. The first-order valence-corrected chi connectivity index (χ1v) is 7.48. The number of nitrogens with two attached hydrogens (primary N) is 1. The number of anilines is 1. The minimum Gasteiger partial charge on any atom is -0.384 e. The molecule has 1 aromatic heterocycles. The molecule has 1 rings (SSSR count). The van der Waals surface area contributed by atoms with Crippen LogP contribution in [0, 0.1) is 0 Å². The molecule has 0 saturated carbocycles. The van der Waals surface area contributed by atoms with Crippen LogP contribution in [0.25, 0.3) is 0 Å². The molecule has 1 heterocycles. The summed E-state index contributed by atoms with van der Waals surface area (Å²) in [6.07, 6.45) is 1.60. The maximum atomic E-state index is 11.9. The van der Waals surface area contributed by atoms with Crippen molar-refractivity contribution in [3.63, 3.8) is 0 Å². The zero-order valence-corrected chi connectivity index (χ0v) is 11.7. The number of carbonyl (C=O) groups is 1. The van der Waals surface area contributed by atoms with E-state index in [0.29, 0.717) is 23.7 Å². The summed E-state index contributed by atoms with van der Waals surface area (Å²) in [5.74, 6) is 0.786. The molecule has 0 saturated heterocycles. The Morgan fingerprint density at radius 1 is 1.50 bits per heavy atom. The molecule has 0 radical (unpaired) electrons. The molecule has 0 fully saturated rings. The second-order valence-electron chi connectivity index (χ2n) is 4.39. The molecule has 1 atom stereocenters. The van der Waals surface area contributed by atoms with Crippen molar-refractivity contribution in [2.24, 2.45) is 0 Å². The van der Waals surface area contributed by atoms with Crippen molar-refractivity contribution < 1.29 is 9.00 Å². The van der Waals surface area contributed by atoms with Gasteiger partial charge < -0.3 is 11.1 Å². The molecule has 6 heteroatoms. The van der Waals surface area contributed by atoms with Gasteiger partial charge in [0.05, 0.1) is 0 Å². The van der Waals surface area contributed by atoms with Gasteiger partial charge >= 0.3 is 0 Å². The number of pyridine rings is 1. The van der Waals surface area contributed by atoms with E-state index >= 15 is 0 Å². The van der Waals surface area contributed by atoms with Gasteiger partial charge in [0.1, 0.15) is 5.82 Å². The van der Waals surface area contributed by atoms with Crippen LogP contribution in [0.3, 0.4) is 0 Å². The molecule has 0 spiro atoms. The summed E-state index contributed by atoms with van der Waals surface area (Å²) in [5.41, 5.74) is 6.96. The molecule has 0 aliphatic rings. The quantitative estimate of drug-likeness (QED) is 0.831. The van der Waals surface area contributed by atoms with Gasteiger partial charge in [-0.2, -0.15) is 0 Å². The number of hydrogen-bond donors (Lipinski definition) is 2. The van der Waals surface area contributed by atoms with Gasteiger partial charge in [-0.1, -0.05) is 13.8 Å². The van der Waals surface area contributed by atoms with E-state index in [0.717, 1.165) is 5.69 Å². The van der Waals surface area contributed by atoms with Gasteiger partial charge in [-0.05, 0) is 18.1 Å². The number of amides is 1. The lowest BCUT2D eigenvalue weighted by Gasteiger charge is -2.09. The summed E-state index contributed by atoms with van der Waals surface area (Å²) in [7, 11) is -0.906. The lowest BCUT2D eigenvalue weighted by molar-refractivity contribution is 0.0956. The Morgan fingerprint density at radius 3 is 2.72 bits per heavy atom. The van der Waals surface area contributed by atoms with Gasteiger partial charge in [-0.15, -0.1) is 0 Å². The van der Waals surface area contributed by atoms with Crippen molar-refractivity contribution in [3.8, 4) is 0 Å². The first-order chi connectivity index (χ1) is 8.40. The monoisotopic (exact) mass is 269 g/mol. The van der Waals surface area contributed by atoms with E-state index in [1.54, 1.807) is 18.4 Å². The lowest BCUT2D eigenvalue weighted by atomic mass is 10.1. The molecule has 0 aliphatic heterocycles. The lowest BCUT2D eigenvalue weighted by Crippen LogP contribution is -2.27. The van der Waals surface area contributed by atoms with E-state index in [9.17, 15) is 9.00 Å². The summed E-state index contributed by atoms with van der Waals surface area (Å²) >= 11 is 0. The van der Waals surface area contributed by atoms with Crippen molar-refractivity contribution in [2.75, 3.05) is 24.3 Å². The molecule has 18 heavy (non-hydrogen) atoms. The molecule has 0 aromatic carbocycles. The second-order valence-corrected chi connectivity index (χ2v) is 5.95. The fourth-order valence-corrected chi connectivity index (χ4v) is 1.80. The van der Waals surface area contributed by atoms with Gasteiger partial charge in [0, 0.05) is 40.6 Å². The Labute approximate surface area is 110 Å². The van der Waals surface area contributed by atoms with Crippen LogP contribution in [0.1, 0.15) is 35.8 Å². The maximum absolute atomic E-state index is 11.9. The van der Waals surface area contributed by atoms with Crippen LogP contribution in [0.5, 0.6) is 0 Å². The Balaban J connectivity index is 2.76. The van der Waals surface area contributed by atoms with Crippen LogP contribution in [0.4, 0.5) is 5.82 Å². The number of carbonyl (C=O) groups excluding carboxylic acids is 1. The third kappa shape index (κ3) is 4.44. The molecular formula is C12H19N3O2S. The van der Waals surface area contributed by atoms with Crippen LogP contribution in [-0.4, -0.2) is 33.7 Å². The molecule has 1 aromatic rings. The standard InChI is InChI=1S/C12H19N3O2S/c1-8(2)10-6-9(7-11(13)15-10)12(16)14-4-5-18(3)17/h6-8H,4-5H2,1-3H3,(H2,13,15)(H,14,16). The molecular weight excluding hydrogens is 250 g/mol. The van der Waals surface area contributed by atoms with Gasteiger partial charge in [0.2, 0.25) is 0 Å². The van der Waals surface area contributed by atoms with Crippen molar-refractivity contribution in [1.82, 2.24) is 10.3 Å². The third-order valence-corrected chi connectivity index (χ3v) is 3.17. The van der Waals surface area contributed by atoms with Crippen LogP contribution in [-0.2, 0) is 10.8 Å². The van der Waals surface area contributed by atoms with E-state index in [4.69, 9.17) is 5.73 Å². The topological polar surface area (TPSA) is 85.1 Å². The normalized spacial score (nSPS) is 12.4. The first-order valence-electron chi connectivity index (χ1n) is 5.76. The highest BCUT2D eigenvalue weighted by Crippen LogP contribution is 2.15. The zero-order chi connectivity index (χ0) is 13.7. The number of aromatic nitrogens is 1. The van der Waals surface area contributed by atoms with Crippen LogP contribution in [0.15, 0.2) is 12.1 Å². The summed E-state index contributed by atoms with van der Waals surface area (Å²) < 4.78 is 10.9. The molecule has 0 aliphatic carbocycles. The maximum Gasteiger partial charge on any atom is 0.251 e. The highest BCUT2D eigenvalue weighted by molar-refractivity contribution is 7.84. The highest BCUT2D eigenvalue weighted by atomic mass is 32.2. The Kier molecular flexibility index (Phi) is 5.27. The van der Waals surface area contributed by atoms with E-state index in [1.807, 2.05) is 13.8 Å². The molecule has 1 unspecified atom stereocenters. The van der Waals surface area contributed by atoms with Crippen molar-refractivity contribution in [3.05, 3.63) is 23.4 Å². The molecule has 100 valence electrons. The SMILES string of the molecule is CC(C)c1cc(C(=O)NCCS(C)=O)cc(N)n1. The summed E-state index contributed by atoms with van der Waals surface area (Å²) in [4.78, 5) is 16.0. The minimum absolute atomic E-state index is 0.211. The summed E-state index contributed by atoms with van der Waals surface area (Å²) in [5, 5.41) is 2.71. The molecule has 3 N–H and O–H groups in total. The fraction of sp³-hybridized carbons (Fsp3) is 0.500. The van der Waals surface area contributed by atoms with Crippen LogP contribution >= 0.6 is 0 Å². The fourth-order valence-electron chi connectivity index (χ4n) is 1.41. The minimum atomic E-state index is -0.906. The zero-order valence-electron chi connectivity index (χ0n) is 10.9. The number of nitrogens with zero attached hydrogens (tertiary/aromatic N) is 1. The number of hydrogen-bond acceptors (Lipinski definition) is 4.